The molecule has 0 rings (SSSR count). The third kappa shape index (κ3) is 8.68. The van der Waals surface area contributed by atoms with Crippen molar-refractivity contribution in [3.63, 3.8) is 0 Å². The summed E-state index contributed by atoms with van der Waals surface area (Å²) in [5.41, 5.74) is 0. The van der Waals surface area contributed by atoms with Crippen LogP contribution in [-0.4, -0.2) is 8.64 Å². The maximum atomic E-state index is 4.64. The van der Waals surface area contributed by atoms with Crippen molar-refractivity contribution in [1.82, 2.24) is 10.6 Å². The molecule has 0 saturated carbocycles. The monoisotopic (exact) mass is 286 g/mol. The normalized spacial score (nSPS) is 7.42. The predicted octanol–water partition coefficient (Wildman–Crippen LogP) is 0.688. The van der Waals surface area contributed by atoms with Crippen LogP contribution in [0.2, 0.25) is 0 Å². The van der Waals surface area contributed by atoms with Gasteiger partial charge in [0.15, 0.2) is 0 Å². The van der Waals surface area contributed by atoms with Gasteiger partial charge in [-0.25, -0.2) is 0 Å². The van der Waals surface area contributed by atoms with Crippen molar-refractivity contribution in [3.8, 4) is 0 Å². The molecule has 0 amide bonds. The minimum Gasteiger partial charge on any atom is -0.411 e. The average molecular weight is 288 g/mol. The molecule has 0 atom stereocenters. The molecule has 0 spiro atoms. The Morgan fingerprint density at radius 3 is 1.67 bits per heavy atom. The molecule has 0 fully saturated rings. The van der Waals surface area contributed by atoms with Crippen LogP contribution in [0.5, 0.6) is 0 Å². The Bertz CT molecular complexity index is 186. The Labute approximate surface area is 107 Å². The van der Waals surface area contributed by atoms with Crippen LogP contribution in [0.3, 0.4) is 0 Å². The van der Waals surface area contributed by atoms with Gasteiger partial charge in [0.25, 0.3) is 0 Å². The molecule has 0 heterocycles. The molecule has 7 heteroatoms. The van der Waals surface area contributed by atoms with E-state index in [4.69, 9.17) is 0 Å². The molecule has 2 N–H and O–H groups in total. The van der Waals surface area contributed by atoms with Gasteiger partial charge in [-0.05, 0) is 13.0 Å². The maximum Gasteiger partial charge on any atom is 2.00 e. The summed E-state index contributed by atoms with van der Waals surface area (Å²) < 4.78 is 0.522. The molecule has 0 saturated heterocycles. The van der Waals surface area contributed by atoms with E-state index in [0.717, 1.165) is 0 Å². The largest absolute Gasteiger partial charge is 2.00 e. The molecule has 0 radical (unpaired) electrons. The van der Waals surface area contributed by atoms with Crippen LogP contribution in [0.1, 0.15) is 6.92 Å². The minimum atomic E-state index is 0. The zero-order chi connectivity index (χ0) is 8.85. The average Bonchev–Trinajstić information content (AvgIpc) is 1.84. The molecule has 0 aromatic heterocycles. The van der Waals surface area contributed by atoms with Crippen LogP contribution in [0.25, 0.3) is 0 Å². The van der Waals surface area contributed by atoms with E-state index in [0.29, 0.717) is 5.82 Å². The van der Waals surface area contributed by atoms with Crippen LogP contribution < -0.4 is 10.6 Å². The van der Waals surface area contributed by atoms with E-state index in [-0.39, 0.29) is 28.1 Å². The smallest absolute Gasteiger partial charge is 0.411 e. The Kier molecular flexibility index (Phi) is 10.3. The van der Waals surface area contributed by atoms with E-state index >= 15 is 0 Å². The molecule has 2 nitrogen and oxygen atoms in total. The van der Waals surface area contributed by atoms with Gasteiger partial charge in [-0.1, -0.05) is 8.64 Å². The summed E-state index contributed by atoms with van der Waals surface area (Å²) in [6.07, 6.45) is 1.75. The second kappa shape index (κ2) is 8.19. The van der Waals surface area contributed by atoms with Gasteiger partial charge >= 0.3 is 19.5 Å². The van der Waals surface area contributed by atoms with E-state index in [9.17, 15) is 0 Å². The fourth-order valence-electron chi connectivity index (χ4n) is 0.396. The van der Waals surface area contributed by atoms with Gasteiger partial charge in [0.05, 0.1) is 0 Å². The molecule has 12 heavy (non-hydrogen) atoms. The van der Waals surface area contributed by atoms with Gasteiger partial charge in [-0.15, -0.1) is 0 Å². The van der Waals surface area contributed by atoms with E-state index < -0.39 is 0 Å². The Balaban J connectivity index is 0. The van der Waals surface area contributed by atoms with Crippen LogP contribution in [0, 0.1) is 0 Å². The van der Waals surface area contributed by atoms with Crippen LogP contribution in [0.15, 0.2) is 11.9 Å². The van der Waals surface area contributed by atoms with Gasteiger partial charge in [0.2, 0.25) is 0 Å². The Morgan fingerprint density at radius 1 is 1.17 bits per heavy atom. The second-order valence-electron chi connectivity index (χ2n) is 1.53. The quantitative estimate of drug-likeness (QED) is 0.440. The molecule has 0 aliphatic carbocycles. The van der Waals surface area contributed by atoms with Gasteiger partial charge in [-0.2, -0.15) is 0 Å². The summed E-state index contributed by atoms with van der Waals surface area (Å²) >= 11 is 18.5. The molecule has 0 unspecified atom stereocenters. The van der Waals surface area contributed by atoms with Gasteiger partial charge < -0.3 is 60.3 Å². The molecule has 0 aromatic carbocycles. The topological polar surface area (TPSA) is 24.1 Å². The van der Waals surface area contributed by atoms with E-state index in [1.54, 1.807) is 6.08 Å². The van der Waals surface area contributed by atoms with Crippen molar-refractivity contribution in [2.24, 2.45) is 0 Å². The number of thiocarbonyl (C=S) groups is 2. The van der Waals surface area contributed by atoms with Crippen molar-refractivity contribution >= 4 is 58.3 Å². The van der Waals surface area contributed by atoms with E-state index in [1.807, 2.05) is 6.92 Å². The fourth-order valence-corrected chi connectivity index (χ4v) is 0.835. The first-order chi connectivity index (χ1) is 5.06. The zero-order valence-corrected chi connectivity index (χ0v) is 12.7. The number of rotatable bonds is 2. The summed E-state index contributed by atoms with van der Waals surface area (Å²) in [6, 6.07) is 0. The molecule has 62 valence electrons. The maximum absolute atomic E-state index is 4.64. The van der Waals surface area contributed by atoms with Gasteiger partial charge in [0, 0.05) is 0 Å². The Morgan fingerprint density at radius 2 is 1.50 bits per heavy atom. The third-order valence-electron chi connectivity index (χ3n) is 0.762. The summed E-state index contributed by atoms with van der Waals surface area (Å²) in [6.45, 7) is 1.82. The SMILES string of the molecule is CC=C(NC(=S)[S-])NC(=S)[S-].[Zn+2]. The first kappa shape index (κ1) is 15.1. The van der Waals surface area contributed by atoms with Crippen molar-refractivity contribution < 1.29 is 19.5 Å². The standard InChI is InChI=1S/C5H8N2S4.Zn/c1-2-3(6-4(8)9)7-5(10)11;/h2H,1H3,(H2,6,8,9)(H2,7,10,11);/q;+2/p-2. The Hall–Kier alpha value is 0.583. The zero-order valence-electron chi connectivity index (χ0n) is 6.42. The van der Waals surface area contributed by atoms with Crippen molar-refractivity contribution in [2.75, 3.05) is 0 Å². The van der Waals surface area contributed by atoms with Gasteiger partial charge in [-0.3, -0.25) is 0 Å². The number of nitrogens with one attached hydrogen (secondary N) is 2. The number of hydrogen-bond acceptors (Lipinski definition) is 4. The summed E-state index contributed by atoms with van der Waals surface area (Å²) in [5, 5.41) is 5.41. The molecule has 0 aliphatic heterocycles. The third-order valence-corrected chi connectivity index (χ3v) is 1.17. The van der Waals surface area contributed by atoms with Crippen molar-refractivity contribution in [1.29, 1.82) is 0 Å². The van der Waals surface area contributed by atoms with E-state index in [2.05, 4.69) is 60.3 Å². The number of allylic oxidation sites excluding steroid dienone is 1. The summed E-state index contributed by atoms with van der Waals surface area (Å²) in [4.78, 5) is 0. The molecular formula is C5H6N2S4Zn. The predicted molar refractivity (Wildman–Crippen MR) is 60.0 cm³/mol. The summed E-state index contributed by atoms with van der Waals surface area (Å²) in [5.74, 6) is 0.630. The molecular weight excluding hydrogens is 282 g/mol. The fraction of sp³-hybridized carbons (Fsp3) is 0.200. The van der Waals surface area contributed by atoms with Crippen LogP contribution in [0.4, 0.5) is 0 Å². The molecule has 0 aliphatic rings. The van der Waals surface area contributed by atoms with Gasteiger partial charge in [0.1, 0.15) is 5.82 Å². The van der Waals surface area contributed by atoms with Crippen molar-refractivity contribution in [2.45, 2.75) is 6.92 Å². The first-order valence-electron chi connectivity index (χ1n) is 2.68. The second-order valence-corrected chi connectivity index (χ2v) is 3.68. The van der Waals surface area contributed by atoms with Crippen LogP contribution in [-0.2, 0) is 44.7 Å². The first-order valence-corrected chi connectivity index (χ1v) is 4.32. The van der Waals surface area contributed by atoms with Crippen LogP contribution >= 0.6 is 24.4 Å². The number of hydrogen-bond donors (Lipinski definition) is 2. The summed E-state index contributed by atoms with van der Waals surface area (Å²) in [7, 11) is 0. The molecule has 0 bridgehead atoms. The molecule has 0 aromatic rings. The minimum absolute atomic E-state index is 0. The van der Waals surface area contributed by atoms with E-state index in [1.165, 1.54) is 0 Å². The van der Waals surface area contributed by atoms with Crippen molar-refractivity contribution in [3.05, 3.63) is 11.9 Å².